The first-order valence-electron chi connectivity index (χ1n) is 10.2. The minimum Gasteiger partial charge on any atom is -0.370 e. The lowest BCUT2D eigenvalue weighted by Crippen LogP contribution is -2.34. The van der Waals surface area contributed by atoms with Crippen molar-refractivity contribution >= 4 is 35.2 Å². The highest BCUT2D eigenvalue weighted by Crippen LogP contribution is 2.40. The number of benzene rings is 1. The molecule has 0 atom stereocenters. The molecule has 0 saturated heterocycles. The molecule has 0 spiro atoms. The predicted molar refractivity (Wildman–Crippen MR) is 119 cm³/mol. The van der Waals surface area contributed by atoms with Crippen LogP contribution in [0.15, 0.2) is 17.3 Å². The number of thioether (sulfide) groups is 1. The van der Waals surface area contributed by atoms with Gasteiger partial charge in [-0.1, -0.05) is 29.5 Å². The van der Waals surface area contributed by atoms with Crippen LogP contribution in [0.1, 0.15) is 47.7 Å². The molecule has 9 nitrogen and oxygen atoms in total. The van der Waals surface area contributed by atoms with Gasteiger partial charge in [-0.2, -0.15) is 0 Å². The molecule has 1 aromatic heterocycles. The number of anilines is 1. The molecule has 1 aliphatic rings. The molecule has 1 fully saturated rings. The van der Waals surface area contributed by atoms with Gasteiger partial charge in [0.2, 0.25) is 17.7 Å². The summed E-state index contributed by atoms with van der Waals surface area (Å²) in [5, 5.41) is 14.5. The Kier molecular flexibility index (Phi) is 7.32. The molecule has 0 unspecified atom stereocenters. The van der Waals surface area contributed by atoms with Gasteiger partial charge in [-0.3, -0.25) is 14.4 Å². The van der Waals surface area contributed by atoms with Crippen molar-refractivity contribution in [3.8, 4) is 0 Å². The molecule has 10 heteroatoms. The van der Waals surface area contributed by atoms with Crippen molar-refractivity contribution in [2.24, 2.45) is 5.73 Å². The molecule has 166 valence electrons. The minimum absolute atomic E-state index is 0.0925. The lowest BCUT2D eigenvalue weighted by Gasteiger charge is -2.13. The fourth-order valence-electron chi connectivity index (χ4n) is 3.40. The number of amides is 3. The van der Waals surface area contributed by atoms with E-state index in [4.69, 9.17) is 5.73 Å². The molecule has 1 heterocycles. The van der Waals surface area contributed by atoms with Crippen molar-refractivity contribution in [1.82, 2.24) is 20.1 Å². The standard InChI is InChI=1S/C21H28N6O3S/c1-12-8-13(2)19(14(3)9-12)24-17(29)10-23-18(30)11-31-21-26-25-20(15-4-5-15)27(21)7-6-16(22)28/h8-9,15H,4-7,10-11H2,1-3H3,(H2,22,28)(H,23,30)(H,24,29). The second-order valence-electron chi connectivity index (χ2n) is 7.87. The van der Waals surface area contributed by atoms with Crippen LogP contribution in [-0.4, -0.2) is 44.8 Å². The highest BCUT2D eigenvalue weighted by atomic mass is 32.2. The van der Waals surface area contributed by atoms with E-state index in [0.717, 1.165) is 41.0 Å². The SMILES string of the molecule is Cc1cc(C)c(NC(=O)CNC(=O)CSc2nnc(C3CC3)n2CCC(N)=O)c(C)c1. The molecule has 4 N–H and O–H groups in total. The van der Waals surface area contributed by atoms with Gasteiger partial charge >= 0.3 is 0 Å². The van der Waals surface area contributed by atoms with Crippen molar-refractivity contribution in [1.29, 1.82) is 0 Å². The zero-order valence-corrected chi connectivity index (χ0v) is 18.8. The normalized spacial score (nSPS) is 13.1. The Morgan fingerprint density at radius 3 is 2.42 bits per heavy atom. The van der Waals surface area contributed by atoms with E-state index in [9.17, 15) is 14.4 Å². The molecule has 1 saturated carbocycles. The van der Waals surface area contributed by atoms with Crippen LogP contribution in [0.4, 0.5) is 5.69 Å². The number of nitrogens with one attached hydrogen (secondary N) is 2. The first-order chi connectivity index (χ1) is 14.7. The Morgan fingerprint density at radius 1 is 1.13 bits per heavy atom. The summed E-state index contributed by atoms with van der Waals surface area (Å²) in [7, 11) is 0. The third-order valence-electron chi connectivity index (χ3n) is 4.99. The zero-order valence-electron chi connectivity index (χ0n) is 18.0. The van der Waals surface area contributed by atoms with Crippen molar-refractivity contribution in [3.05, 3.63) is 34.6 Å². The van der Waals surface area contributed by atoms with Crippen LogP contribution in [0.5, 0.6) is 0 Å². The first-order valence-corrected chi connectivity index (χ1v) is 11.2. The van der Waals surface area contributed by atoms with Crippen molar-refractivity contribution in [2.75, 3.05) is 17.6 Å². The number of primary amides is 1. The summed E-state index contributed by atoms with van der Waals surface area (Å²) in [6, 6.07) is 4.00. The predicted octanol–water partition coefficient (Wildman–Crippen LogP) is 1.80. The van der Waals surface area contributed by atoms with E-state index in [1.807, 2.05) is 37.5 Å². The Morgan fingerprint density at radius 2 is 1.81 bits per heavy atom. The summed E-state index contributed by atoms with van der Waals surface area (Å²) < 4.78 is 1.87. The van der Waals surface area contributed by atoms with E-state index >= 15 is 0 Å². The molecule has 2 aromatic rings. The number of hydrogen-bond donors (Lipinski definition) is 3. The van der Waals surface area contributed by atoms with E-state index in [0.29, 0.717) is 17.6 Å². The van der Waals surface area contributed by atoms with Gasteiger partial charge in [-0.05, 0) is 44.7 Å². The van der Waals surface area contributed by atoms with Crippen molar-refractivity contribution < 1.29 is 14.4 Å². The Balaban J connectivity index is 1.50. The average Bonchev–Trinajstić information content (AvgIpc) is 3.46. The zero-order chi connectivity index (χ0) is 22.5. The third kappa shape index (κ3) is 6.30. The van der Waals surface area contributed by atoms with E-state index in [2.05, 4.69) is 20.8 Å². The Bertz CT molecular complexity index is 976. The maximum atomic E-state index is 12.3. The molecule has 0 bridgehead atoms. The summed E-state index contributed by atoms with van der Waals surface area (Å²) >= 11 is 1.23. The molecule has 0 radical (unpaired) electrons. The van der Waals surface area contributed by atoms with E-state index in [1.165, 1.54) is 11.8 Å². The Labute approximate surface area is 185 Å². The monoisotopic (exact) mass is 444 g/mol. The summed E-state index contributed by atoms with van der Waals surface area (Å²) in [6.07, 6.45) is 2.29. The van der Waals surface area contributed by atoms with Gasteiger partial charge in [-0.25, -0.2) is 0 Å². The first kappa shape index (κ1) is 22.8. The molecular weight excluding hydrogens is 416 g/mol. The van der Waals surface area contributed by atoms with Crippen LogP contribution < -0.4 is 16.4 Å². The summed E-state index contributed by atoms with van der Waals surface area (Å²) in [5.74, 6) is 0.335. The fraction of sp³-hybridized carbons (Fsp3) is 0.476. The third-order valence-corrected chi connectivity index (χ3v) is 5.96. The van der Waals surface area contributed by atoms with E-state index < -0.39 is 5.91 Å². The summed E-state index contributed by atoms with van der Waals surface area (Å²) in [5.41, 5.74) is 9.14. The molecule has 3 amide bonds. The molecular formula is C21H28N6O3S. The summed E-state index contributed by atoms with van der Waals surface area (Å²) in [6.45, 7) is 6.17. The molecule has 31 heavy (non-hydrogen) atoms. The number of rotatable bonds is 10. The second-order valence-corrected chi connectivity index (χ2v) is 8.81. The molecule has 1 aromatic carbocycles. The molecule has 3 rings (SSSR count). The topological polar surface area (TPSA) is 132 Å². The van der Waals surface area contributed by atoms with Gasteiger partial charge in [-0.15, -0.1) is 10.2 Å². The average molecular weight is 445 g/mol. The number of carbonyl (C=O) groups excluding carboxylic acids is 3. The van der Waals surface area contributed by atoms with Crippen LogP contribution in [0.3, 0.4) is 0 Å². The molecule has 0 aliphatic heterocycles. The quantitative estimate of drug-likeness (QED) is 0.479. The number of aromatic nitrogens is 3. The van der Waals surface area contributed by atoms with Crippen molar-refractivity contribution in [2.45, 2.75) is 57.7 Å². The number of hydrogen-bond acceptors (Lipinski definition) is 6. The highest BCUT2D eigenvalue weighted by Gasteiger charge is 2.30. The Hall–Kier alpha value is -2.88. The minimum atomic E-state index is -0.394. The number of carbonyl (C=O) groups is 3. The van der Waals surface area contributed by atoms with E-state index in [1.54, 1.807) is 0 Å². The van der Waals surface area contributed by atoms with Crippen LogP contribution >= 0.6 is 11.8 Å². The van der Waals surface area contributed by atoms with Gasteiger partial charge in [0.05, 0.1) is 12.3 Å². The number of aryl methyl sites for hydroxylation is 3. The second kappa shape index (κ2) is 9.95. The molecule has 1 aliphatic carbocycles. The van der Waals surface area contributed by atoms with Gasteiger partial charge in [0, 0.05) is 24.6 Å². The number of nitrogens with two attached hydrogens (primary N) is 1. The number of nitrogens with zero attached hydrogens (tertiary/aromatic N) is 3. The lowest BCUT2D eigenvalue weighted by molar-refractivity contribution is -0.122. The largest absolute Gasteiger partial charge is 0.370 e. The van der Waals surface area contributed by atoms with Crippen LogP contribution in [0.2, 0.25) is 0 Å². The van der Waals surface area contributed by atoms with Crippen LogP contribution in [0.25, 0.3) is 0 Å². The van der Waals surface area contributed by atoms with E-state index in [-0.39, 0.29) is 30.5 Å². The van der Waals surface area contributed by atoms with Crippen molar-refractivity contribution in [3.63, 3.8) is 0 Å². The fourth-order valence-corrected chi connectivity index (χ4v) is 4.20. The maximum absolute atomic E-state index is 12.3. The summed E-state index contributed by atoms with van der Waals surface area (Å²) in [4.78, 5) is 35.7. The van der Waals surface area contributed by atoms with Gasteiger partial charge in [0.1, 0.15) is 5.82 Å². The lowest BCUT2D eigenvalue weighted by atomic mass is 10.1. The van der Waals surface area contributed by atoms with Gasteiger partial charge < -0.3 is 20.9 Å². The van der Waals surface area contributed by atoms with Crippen LogP contribution in [-0.2, 0) is 20.9 Å². The van der Waals surface area contributed by atoms with Gasteiger partial charge in [0.15, 0.2) is 5.16 Å². The van der Waals surface area contributed by atoms with Gasteiger partial charge in [0.25, 0.3) is 0 Å². The maximum Gasteiger partial charge on any atom is 0.243 e. The van der Waals surface area contributed by atoms with Crippen LogP contribution in [0, 0.1) is 20.8 Å². The highest BCUT2D eigenvalue weighted by molar-refractivity contribution is 7.99. The smallest absolute Gasteiger partial charge is 0.243 e.